The predicted molar refractivity (Wildman–Crippen MR) is 110 cm³/mol. The van der Waals surface area contributed by atoms with E-state index in [-0.39, 0.29) is 18.3 Å². The first kappa shape index (κ1) is 21.6. The summed E-state index contributed by atoms with van der Waals surface area (Å²) in [7, 11) is 2.83. The van der Waals surface area contributed by atoms with Gasteiger partial charge in [0.05, 0.1) is 26.4 Å². The van der Waals surface area contributed by atoms with Crippen LogP contribution in [0.1, 0.15) is 38.7 Å². The van der Waals surface area contributed by atoms with Crippen LogP contribution in [0.3, 0.4) is 0 Å². The molecule has 7 heteroatoms. The van der Waals surface area contributed by atoms with Crippen molar-refractivity contribution in [2.75, 3.05) is 20.8 Å². The molecule has 0 radical (unpaired) electrons. The summed E-state index contributed by atoms with van der Waals surface area (Å²) in [5.74, 6) is -2.58. The molecule has 1 aromatic carbocycles. The highest BCUT2D eigenvalue weighted by atomic mass is 16.5. The molecular weight excluding hydrogens is 386 g/mol. The summed E-state index contributed by atoms with van der Waals surface area (Å²) in [6.45, 7) is 5.59. The molecule has 1 aromatic rings. The lowest BCUT2D eigenvalue weighted by Gasteiger charge is -2.38. The zero-order valence-corrected chi connectivity index (χ0v) is 17.9. The topological polar surface area (TPSA) is 90.9 Å². The molecule has 0 aromatic heterocycles. The number of dihydropyridines is 1. The Morgan fingerprint density at radius 1 is 1.23 bits per heavy atom. The summed E-state index contributed by atoms with van der Waals surface area (Å²) in [5, 5.41) is 3.23. The molecule has 3 atom stereocenters. The second-order valence-corrected chi connectivity index (χ2v) is 7.53. The van der Waals surface area contributed by atoms with E-state index in [1.165, 1.54) is 7.11 Å². The van der Waals surface area contributed by atoms with Crippen molar-refractivity contribution in [3.05, 3.63) is 52.4 Å². The normalized spacial score (nSPS) is 23.5. The standard InChI is InChI=1S/C23H27NO6/c1-6-30-23(27)18-13(3)24-16-10-12(2)17(22(26)29-5)21(25)20(16)19(18)14-8-7-9-15(11-14)28-4/h7-9,11-12,17,19,24H,6,10H2,1-5H3/t12-,17-,19-/m0/s1. The summed E-state index contributed by atoms with van der Waals surface area (Å²) < 4.78 is 15.5. The molecule has 0 saturated carbocycles. The highest BCUT2D eigenvalue weighted by Gasteiger charge is 2.47. The number of benzene rings is 1. The number of nitrogens with one attached hydrogen (secondary N) is 1. The largest absolute Gasteiger partial charge is 0.497 e. The van der Waals surface area contributed by atoms with E-state index in [4.69, 9.17) is 14.2 Å². The van der Waals surface area contributed by atoms with Crippen molar-refractivity contribution in [2.24, 2.45) is 11.8 Å². The molecule has 0 bridgehead atoms. The first-order chi connectivity index (χ1) is 14.3. The van der Waals surface area contributed by atoms with Crippen LogP contribution in [0.15, 0.2) is 46.8 Å². The Bertz CT molecular complexity index is 945. The van der Waals surface area contributed by atoms with E-state index in [0.717, 1.165) is 11.3 Å². The quantitative estimate of drug-likeness (QED) is 0.586. The van der Waals surface area contributed by atoms with Crippen molar-refractivity contribution >= 4 is 17.7 Å². The van der Waals surface area contributed by atoms with Crippen LogP contribution in [0.25, 0.3) is 0 Å². The molecule has 160 valence electrons. The number of carbonyl (C=O) groups excluding carboxylic acids is 3. The first-order valence-electron chi connectivity index (χ1n) is 9.97. The van der Waals surface area contributed by atoms with Crippen LogP contribution in [0, 0.1) is 11.8 Å². The number of Topliss-reactive ketones (excluding diaryl/α,β-unsaturated/α-hetero) is 1. The highest BCUT2D eigenvalue weighted by Crippen LogP contribution is 2.45. The maximum Gasteiger partial charge on any atom is 0.336 e. The molecular formula is C23H27NO6. The van der Waals surface area contributed by atoms with Gasteiger partial charge in [-0.25, -0.2) is 4.79 Å². The van der Waals surface area contributed by atoms with Crippen LogP contribution >= 0.6 is 0 Å². The van der Waals surface area contributed by atoms with Gasteiger partial charge in [0.1, 0.15) is 11.7 Å². The third-order valence-corrected chi connectivity index (χ3v) is 5.67. The van der Waals surface area contributed by atoms with Crippen molar-refractivity contribution < 1.29 is 28.6 Å². The van der Waals surface area contributed by atoms with E-state index in [1.807, 2.05) is 19.1 Å². The molecule has 0 amide bonds. The van der Waals surface area contributed by atoms with Gasteiger partial charge in [-0.05, 0) is 43.9 Å². The molecule has 1 aliphatic heterocycles. The smallest absolute Gasteiger partial charge is 0.336 e. The van der Waals surface area contributed by atoms with Crippen molar-refractivity contribution in [1.29, 1.82) is 0 Å². The van der Waals surface area contributed by atoms with E-state index in [0.29, 0.717) is 29.0 Å². The molecule has 0 saturated heterocycles. The van der Waals surface area contributed by atoms with Crippen molar-refractivity contribution in [3.8, 4) is 5.75 Å². The number of esters is 2. The van der Waals surface area contributed by atoms with Crippen molar-refractivity contribution in [1.82, 2.24) is 5.32 Å². The fraction of sp³-hybridized carbons (Fsp3) is 0.435. The van der Waals surface area contributed by atoms with Gasteiger partial charge in [0.2, 0.25) is 0 Å². The van der Waals surface area contributed by atoms with Gasteiger partial charge in [-0.15, -0.1) is 0 Å². The van der Waals surface area contributed by atoms with Gasteiger partial charge in [-0.3, -0.25) is 9.59 Å². The Hall–Kier alpha value is -3.09. The lowest BCUT2D eigenvalue weighted by atomic mass is 9.69. The number of rotatable bonds is 5. The van der Waals surface area contributed by atoms with Crippen molar-refractivity contribution in [3.63, 3.8) is 0 Å². The van der Waals surface area contributed by atoms with Crippen LogP contribution in [-0.2, 0) is 23.9 Å². The maximum atomic E-state index is 13.5. The van der Waals surface area contributed by atoms with E-state index < -0.39 is 23.8 Å². The van der Waals surface area contributed by atoms with Gasteiger partial charge in [0.15, 0.2) is 5.78 Å². The van der Waals surface area contributed by atoms with Crippen LogP contribution in [0.4, 0.5) is 0 Å². The lowest BCUT2D eigenvalue weighted by Crippen LogP contribution is -2.43. The fourth-order valence-corrected chi connectivity index (χ4v) is 4.31. The van der Waals surface area contributed by atoms with Gasteiger partial charge in [0, 0.05) is 22.9 Å². The van der Waals surface area contributed by atoms with Crippen molar-refractivity contribution in [2.45, 2.75) is 33.1 Å². The molecule has 1 heterocycles. The molecule has 3 rings (SSSR count). The Kier molecular flexibility index (Phi) is 6.29. The summed E-state index contributed by atoms with van der Waals surface area (Å²) in [6, 6.07) is 7.24. The number of methoxy groups -OCH3 is 2. The van der Waals surface area contributed by atoms with Gasteiger partial charge in [0.25, 0.3) is 0 Å². The van der Waals surface area contributed by atoms with Gasteiger partial charge < -0.3 is 19.5 Å². The molecule has 0 fully saturated rings. The van der Waals surface area contributed by atoms with E-state index in [2.05, 4.69) is 5.32 Å². The Morgan fingerprint density at radius 2 is 1.97 bits per heavy atom. The molecule has 0 spiro atoms. The number of allylic oxidation sites excluding steroid dienone is 3. The molecule has 1 N–H and O–H groups in total. The number of ketones is 1. The SMILES string of the molecule is CCOC(=O)C1=C(C)NC2=C(C(=O)[C@@H](C(=O)OC)[C@@H](C)C2)[C@H]1c1cccc(OC)c1. The third-order valence-electron chi connectivity index (χ3n) is 5.67. The molecule has 2 aliphatic rings. The van der Waals surface area contributed by atoms with E-state index in [9.17, 15) is 14.4 Å². The monoisotopic (exact) mass is 413 g/mol. The van der Waals surface area contributed by atoms with Crippen LogP contribution in [0.2, 0.25) is 0 Å². The zero-order chi connectivity index (χ0) is 22.0. The van der Waals surface area contributed by atoms with E-state index >= 15 is 0 Å². The Morgan fingerprint density at radius 3 is 2.60 bits per heavy atom. The average molecular weight is 413 g/mol. The molecule has 0 unspecified atom stereocenters. The minimum absolute atomic E-state index is 0.210. The number of carbonyl (C=O) groups is 3. The number of hydrogen-bond donors (Lipinski definition) is 1. The highest BCUT2D eigenvalue weighted by molar-refractivity contribution is 6.12. The minimum Gasteiger partial charge on any atom is -0.497 e. The predicted octanol–water partition coefficient (Wildman–Crippen LogP) is 2.87. The van der Waals surface area contributed by atoms with Gasteiger partial charge in [-0.2, -0.15) is 0 Å². The third kappa shape index (κ3) is 3.72. The molecule has 1 aliphatic carbocycles. The Balaban J connectivity index is 2.20. The van der Waals surface area contributed by atoms with E-state index in [1.54, 1.807) is 33.1 Å². The Labute approximate surface area is 176 Å². The summed E-state index contributed by atoms with van der Waals surface area (Å²) in [4.78, 5) is 38.8. The zero-order valence-electron chi connectivity index (χ0n) is 17.9. The summed E-state index contributed by atoms with van der Waals surface area (Å²) >= 11 is 0. The number of ether oxygens (including phenoxy) is 3. The van der Waals surface area contributed by atoms with Crippen LogP contribution in [-0.4, -0.2) is 38.5 Å². The van der Waals surface area contributed by atoms with Gasteiger partial charge >= 0.3 is 11.9 Å². The average Bonchev–Trinajstić information content (AvgIpc) is 2.72. The lowest BCUT2D eigenvalue weighted by molar-refractivity contribution is -0.151. The second kappa shape index (κ2) is 8.73. The van der Waals surface area contributed by atoms with Gasteiger partial charge in [-0.1, -0.05) is 19.1 Å². The number of hydrogen-bond acceptors (Lipinski definition) is 7. The summed E-state index contributed by atoms with van der Waals surface area (Å²) in [6.07, 6.45) is 0.495. The van der Waals surface area contributed by atoms with Crippen LogP contribution < -0.4 is 10.1 Å². The minimum atomic E-state index is -0.912. The summed E-state index contributed by atoms with van der Waals surface area (Å²) in [5.41, 5.74) is 2.85. The molecule has 30 heavy (non-hydrogen) atoms. The fourth-order valence-electron chi connectivity index (χ4n) is 4.31. The van der Waals surface area contributed by atoms with Crippen LogP contribution in [0.5, 0.6) is 5.75 Å². The first-order valence-corrected chi connectivity index (χ1v) is 9.97. The maximum absolute atomic E-state index is 13.5. The second-order valence-electron chi connectivity index (χ2n) is 7.53. The molecule has 7 nitrogen and oxygen atoms in total.